The molecule has 0 aliphatic carbocycles. The Kier molecular flexibility index (Phi) is 4.50. The van der Waals surface area contributed by atoms with Gasteiger partial charge in [0, 0.05) is 11.5 Å². The van der Waals surface area contributed by atoms with E-state index in [1.54, 1.807) is 13.1 Å². The van der Waals surface area contributed by atoms with Crippen LogP contribution >= 0.6 is 27.3 Å². The zero-order valence-corrected chi connectivity index (χ0v) is 13.0. The number of rotatable bonds is 4. The number of allylic oxidation sites excluding steroid dienone is 1. The van der Waals surface area contributed by atoms with Crippen molar-refractivity contribution < 1.29 is 4.79 Å². The monoisotopic (exact) mass is 336 g/mol. The number of aryl methyl sites for hydroxylation is 1. The highest BCUT2D eigenvalue weighted by Crippen LogP contribution is 2.23. The summed E-state index contributed by atoms with van der Waals surface area (Å²) < 4.78 is 0.994. The summed E-state index contributed by atoms with van der Waals surface area (Å²) >= 11 is 4.78. The Morgan fingerprint density at radius 1 is 1.47 bits per heavy atom. The molecule has 0 bridgehead atoms. The molecule has 0 spiro atoms. The summed E-state index contributed by atoms with van der Waals surface area (Å²) in [5.74, 6) is -0.0172. The second-order valence-corrected chi connectivity index (χ2v) is 5.85. The summed E-state index contributed by atoms with van der Waals surface area (Å²) in [7, 11) is 1.80. The first-order chi connectivity index (χ1) is 9.10. The quantitative estimate of drug-likeness (QED) is 0.673. The number of carbonyl (C=O) groups is 1. The number of halogens is 1. The first-order valence-corrected chi connectivity index (χ1v) is 7.34. The highest BCUT2D eigenvalue weighted by molar-refractivity contribution is 9.10. The van der Waals surface area contributed by atoms with Crippen LogP contribution in [0.2, 0.25) is 0 Å². The maximum Gasteiger partial charge on any atom is 0.197 e. The summed E-state index contributed by atoms with van der Waals surface area (Å²) in [5, 5.41) is 3.71. The van der Waals surface area contributed by atoms with E-state index >= 15 is 0 Å². The minimum absolute atomic E-state index is 0.0172. The maximum absolute atomic E-state index is 12.1. The van der Waals surface area contributed by atoms with Crippen LogP contribution in [-0.4, -0.2) is 17.8 Å². The minimum atomic E-state index is -0.0172. The fraction of sp³-hybridized carbons (Fsp3) is 0.143. The van der Waals surface area contributed by atoms with Gasteiger partial charge in [-0.25, -0.2) is 4.98 Å². The van der Waals surface area contributed by atoms with Crippen molar-refractivity contribution in [1.29, 1.82) is 0 Å². The topological polar surface area (TPSA) is 42.0 Å². The van der Waals surface area contributed by atoms with Gasteiger partial charge in [0.2, 0.25) is 0 Å². The van der Waals surface area contributed by atoms with E-state index in [1.165, 1.54) is 11.3 Å². The van der Waals surface area contributed by atoms with E-state index in [-0.39, 0.29) is 5.78 Å². The fourth-order valence-electron chi connectivity index (χ4n) is 1.59. The van der Waals surface area contributed by atoms with Gasteiger partial charge in [0.25, 0.3) is 0 Å². The van der Waals surface area contributed by atoms with Crippen molar-refractivity contribution in [2.75, 3.05) is 12.4 Å². The molecule has 0 atom stereocenters. The Morgan fingerprint density at radius 3 is 2.89 bits per heavy atom. The Balaban J connectivity index is 2.18. The molecule has 3 nitrogen and oxygen atoms in total. The lowest BCUT2D eigenvalue weighted by atomic mass is 10.2. The lowest BCUT2D eigenvalue weighted by Gasteiger charge is -1.94. The van der Waals surface area contributed by atoms with Crippen LogP contribution in [0.25, 0.3) is 6.08 Å². The molecule has 2 rings (SSSR count). The fourth-order valence-corrected chi connectivity index (χ4v) is 2.85. The normalized spacial score (nSPS) is 10.9. The molecule has 0 radical (unpaired) electrons. The largest absolute Gasteiger partial charge is 0.365 e. The van der Waals surface area contributed by atoms with Crippen molar-refractivity contribution in [2.45, 2.75) is 6.92 Å². The number of hydrogen-bond donors (Lipinski definition) is 1. The van der Waals surface area contributed by atoms with Crippen LogP contribution in [0, 0.1) is 6.92 Å². The highest BCUT2D eigenvalue weighted by atomic mass is 79.9. The summed E-state index contributed by atoms with van der Waals surface area (Å²) in [6.45, 7) is 1.84. The number of anilines is 1. The molecule has 19 heavy (non-hydrogen) atoms. The summed E-state index contributed by atoms with van der Waals surface area (Å²) in [6.07, 6.45) is 3.40. The van der Waals surface area contributed by atoms with Crippen molar-refractivity contribution in [2.24, 2.45) is 0 Å². The number of thiazole rings is 1. The molecule has 98 valence electrons. The van der Waals surface area contributed by atoms with Gasteiger partial charge in [0.05, 0.1) is 10.6 Å². The summed E-state index contributed by atoms with van der Waals surface area (Å²) in [5.41, 5.74) is 1.75. The van der Waals surface area contributed by atoms with Crippen LogP contribution in [-0.2, 0) is 0 Å². The van der Waals surface area contributed by atoms with Crippen LogP contribution in [0.4, 0.5) is 5.13 Å². The second-order valence-electron chi connectivity index (χ2n) is 3.94. The zero-order chi connectivity index (χ0) is 13.8. The third kappa shape index (κ3) is 3.52. The molecule has 2 aromatic rings. The molecule has 1 N–H and O–H groups in total. The first kappa shape index (κ1) is 14.0. The number of nitrogens with zero attached hydrogens (tertiary/aromatic N) is 1. The number of carbonyl (C=O) groups excluding carboxylic acids is 1. The molecule has 1 heterocycles. The Labute approximate surface area is 124 Å². The first-order valence-electron chi connectivity index (χ1n) is 5.73. The lowest BCUT2D eigenvalue weighted by Crippen LogP contribution is -1.93. The van der Waals surface area contributed by atoms with E-state index in [0.29, 0.717) is 4.88 Å². The predicted molar refractivity (Wildman–Crippen MR) is 83.9 cm³/mol. The number of nitrogens with one attached hydrogen (secondary N) is 1. The average Bonchev–Trinajstić information content (AvgIpc) is 2.77. The molecule has 0 unspecified atom stereocenters. The highest BCUT2D eigenvalue weighted by Gasteiger charge is 2.12. The minimum Gasteiger partial charge on any atom is -0.365 e. The van der Waals surface area contributed by atoms with Gasteiger partial charge in [0.1, 0.15) is 0 Å². The van der Waals surface area contributed by atoms with E-state index in [0.717, 1.165) is 20.9 Å². The van der Waals surface area contributed by atoms with Gasteiger partial charge in [-0.05, 0) is 30.7 Å². The second kappa shape index (κ2) is 6.12. The van der Waals surface area contributed by atoms with E-state index in [4.69, 9.17) is 0 Å². The molecular weight excluding hydrogens is 324 g/mol. The summed E-state index contributed by atoms with van der Waals surface area (Å²) in [4.78, 5) is 17.0. The maximum atomic E-state index is 12.1. The van der Waals surface area contributed by atoms with Crippen LogP contribution in [0.1, 0.15) is 20.9 Å². The molecule has 0 aliphatic rings. The molecule has 0 amide bonds. The third-order valence-corrected chi connectivity index (χ3v) is 4.19. The molecular formula is C14H13BrN2OS. The van der Waals surface area contributed by atoms with Crippen LogP contribution in [0.15, 0.2) is 34.8 Å². The van der Waals surface area contributed by atoms with Gasteiger partial charge < -0.3 is 5.32 Å². The van der Waals surface area contributed by atoms with Crippen molar-refractivity contribution in [1.82, 2.24) is 4.98 Å². The molecule has 0 aliphatic heterocycles. The SMILES string of the molecule is CNc1nc(C)c(C(=O)/C=C/c2cccc(Br)c2)s1. The number of ketones is 1. The van der Waals surface area contributed by atoms with E-state index in [9.17, 15) is 4.79 Å². The Morgan fingerprint density at radius 2 is 2.26 bits per heavy atom. The van der Waals surface area contributed by atoms with Crippen molar-refractivity contribution in [3.8, 4) is 0 Å². The number of aromatic nitrogens is 1. The number of hydrogen-bond acceptors (Lipinski definition) is 4. The third-order valence-electron chi connectivity index (χ3n) is 2.51. The smallest absolute Gasteiger partial charge is 0.197 e. The predicted octanol–water partition coefficient (Wildman–Crippen LogP) is 4.15. The molecule has 5 heteroatoms. The van der Waals surface area contributed by atoms with Crippen LogP contribution in [0.5, 0.6) is 0 Å². The molecule has 0 fully saturated rings. The molecule has 0 saturated carbocycles. The van der Waals surface area contributed by atoms with Crippen molar-refractivity contribution >= 4 is 44.3 Å². The molecule has 1 aromatic heterocycles. The number of benzene rings is 1. The van der Waals surface area contributed by atoms with E-state index < -0.39 is 0 Å². The lowest BCUT2D eigenvalue weighted by molar-refractivity contribution is 0.105. The van der Waals surface area contributed by atoms with Gasteiger partial charge in [-0.3, -0.25) is 4.79 Å². The van der Waals surface area contributed by atoms with Gasteiger partial charge >= 0.3 is 0 Å². The van der Waals surface area contributed by atoms with Crippen LogP contribution in [0.3, 0.4) is 0 Å². The summed E-state index contributed by atoms with van der Waals surface area (Å²) in [6, 6.07) is 7.80. The van der Waals surface area contributed by atoms with Gasteiger partial charge in [-0.15, -0.1) is 0 Å². The van der Waals surface area contributed by atoms with Gasteiger partial charge in [0.15, 0.2) is 10.9 Å². The Hall–Kier alpha value is -1.46. The average molecular weight is 337 g/mol. The van der Waals surface area contributed by atoms with Crippen molar-refractivity contribution in [3.05, 3.63) is 50.9 Å². The van der Waals surface area contributed by atoms with Gasteiger partial charge in [-0.2, -0.15) is 0 Å². The van der Waals surface area contributed by atoms with Crippen molar-refractivity contribution in [3.63, 3.8) is 0 Å². The molecule has 0 saturated heterocycles. The zero-order valence-electron chi connectivity index (χ0n) is 10.6. The van der Waals surface area contributed by atoms with Gasteiger partial charge in [-0.1, -0.05) is 45.5 Å². The van der Waals surface area contributed by atoms with E-state index in [2.05, 4.69) is 26.2 Å². The molecule has 1 aromatic carbocycles. The Bertz CT molecular complexity index is 634. The van der Waals surface area contributed by atoms with Crippen LogP contribution < -0.4 is 5.32 Å². The standard InChI is InChI=1S/C14H13BrN2OS/c1-9-13(19-14(16-2)17-9)12(18)7-6-10-4-3-5-11(15)8-10/h3-8H,1-2H3,(H,16,17)/b7-6+. The van der Waals surface area contributed by atoms with E-state index in [1.807, 2.05) is 37.3 Å².